The van der Waals surface area contributed by atoms with Crippen molar-refractivity contribution in [3.63, 3.8) is 0 Å². The molecule has 0 bridgehead atoms. The predicted octanol–water partition coefficient (Wildman–Crippen LogP) is 5.74. The number of carbonyl (C=O) groups excluding carboxylic acids is 1. The van der Waals surface area contributed by atoms with E-state index in [1.807, 2.05) is 39.8 Å². The Morgan fingerprint density at radius 2 is 1.77 bits per heavy atom. The molecular weight excluding hydrogens is 511 g/mol. The maximum atomic E-state index is 13.1. The van der Waals surface area contributed by atoms with Gasteiger partial charge in [-0.15, -0.1) is 13.2 Å². The smallest absolute Gasteiger partial charge is 0.489 e. The molecule has 0 aliphatic carbocycles. The largest absolute Gasteiger partial charge is 0.573 e. The van der Waals surface area contributed by atoms with Crippen molar-refractivity contribution in [2.45, 2.75) is 32.2 Å². The van der Waals surface area contributed by atoms with Gasteiger partial charge < -0.3 is 19.5 Å². The van der Waals surface area contributed by atoms with Crippen molar-refractivity contribution in [3.05, 3.63) is 84.2 Å². The van der Waals surface area contributed by atoms with E-state index < -0.39 is 6.36 Å². The van der Waals surface area contributed by atoms with Gasteiger partial charge in [-0.3, -0.25) is 9.36 Å². The van der Waals surface area contributed by atoms with Crippen LogP contribution in [-0.4, -0.2) is 51.5 Å². The van der Waals surface area contributed by atoms with Gasteiger partial charge in [-0.25, -0.2) is 4.98 Å². The van der Waals surface area contributed by atoms with Gasteiger partial charge in [0.25, 0.3) is 5.91 Å². The molecule has 2 heterocycles. The van der Waals surface area contributed by atoms with Crippen LogP contribution >= 0.6 is 0 Å². The van der Waals surface area contributed by atoms with E-state index in [0.29, 0.717) is 41.4 Å². The normalized spacial score (nSPS) is 14.5. The van der Waals surface area contributed by atoms with Gasteiger partial charge in [0.05, 0.1) is 16.7 Å². The fourth-order valence-corrected chi connectivity index (χ4v) is 4.82. The molecule has 1 N–H and O–H groups in total. The van der Waals surface area contributed by atoms with E-state index in [2.05, 4.69) is 9.72 Å². The number of rotatable bonds is 8. The van der Waals surface area contributed by atoms with Crippen molar-refractivity contribution in [1.29, 1.82) is 0 Å². The molecule has 0 unspecified atom stereocenters. The second-order valence-corrected chi connectivity index (χ2v) is 9.54. The van der Waals surface area contributed by atoms with Crippen molar-refractivity contribution < 1.29 is 32.5 Å². The summed E-state index contributed by atoms with van der Waals surface area (Å²) >= 11 is 0. The van der Waals surface area contributed by atoms with E-state index in [9.17, 15) is 18.0 Å². The Morgan fingerprint density at radius 1 is 1.00 bits per heavy atom. The third-order valence-corrected chi connectivity index (χ3v) is 6.89. The Bertz CT molecular complexity index is 1430. The molecule has 1 aliphatic heterocycles. The zero-order valence-corrected chi connectivity index (χ0v) is 21.1. The van der Waals surface area contributed by atoms with Gasteiger partial charge in [0.15, 0.2) is 0 Å². The van der Waals surface area contributed by atoms with Crippen molar-refractivity contribution in [1.82, 2.24) is 14.5 Å². The van der Waals surface area contributed by atoms with Crippen LogP contribution in [-0.2, 0) is 6.61 Å². The lowest BCUT2D eigenvalue weighted by atomic mass is 9.93. The molecule has 5 rings (SSSR count). The number of alkyl halides is 3. The van der Waals surface area contributed by atoms with Gasteiger partial charge in [-0.05, 0) is 73.2 Å². The van der Waals surface area contributed by atoms with Crippen LogP contribution in [0.2, 0.25) is 0 Å². The molecule has 204 valence electrons. The van der Waals surface area contributed by atoms with Crippen LogP contribution in [0.25, 0.3) is 16.7 Å². The highest BCUT2D eigenvalue weighted by molar-refractivity contribution is 5.97. The van der Waals surface area contributed by atoms with Gasteiger partial charge in [0.2, 0.25) is 0 Å². The third-order valence-electron chi connectivity index (χ3n) is 6.89. The molecule has 4 aromatic rings. The monoisotopic (exact) mass is 539 g/mol. The van der Waals surface area contributed by atoms with Gasteiger partial charge in [0.1, 0.15) is 24.4 Å². The summed E-state index contributed by atoms with van der Waals surface area (Å²) in [5.74, 6) is 0.756. The van der Waals surface area contributed by atoms with Crippen LogP contribution in [0.4, 0.5) is 13.2 Å². The Kier molecular flexibility index (Phi) is 7.74. The minimum absolute atomic E-state index is 0.0118. The van der Waals surface area contributed by atoms with Crippen LogP contribution in [0.5, 0.6) is 11.5 Å². The van der Waals surface area contributed by atoms with E-state index in [1.54, 1.807) is 18.5 Å². The third kappa shape index (κ3) is 6.51. The molecule has 7 nitrogen and oxygen atoms in total. The highest BCUT2D eigenvalue weighted by atomic mass is 19.4. The molecule has 39 heavy (non-hydrogen) atoms. The maximum Gasteiger partial charge on any atom is 0.573 e. The number of ether oxygens (including phenoxy) is 2. The van der Waals surface area contributed by atoms with Crippen LogP contribution in [0, 0.1) is 5.92 Å². The number of amides is 1. The fraction of sp³-hybridized carbons (Fsp3) is 0.310. The molecule has 1 amide bonds. The van der Waals surface area contributed by atoms with E-state index in [1.165, 1.54) is 24.3 Å². The highest BCUT2D eigenvalue weighted by Crippen LogP contribution is 2.26. The molecule has 3 aromatic carbocycles. The average molecular weight is 540 g/mol. The summed E-state index contributed by atoms with van der Waals surface area (Å²) in [7, 11) is 0. The highest BCUT2D eigenvalue weighted by Gasteiger charge is 2.31. The number of piperidine rings is 1. The summed E-state index contributed by atoms with van der Waals surface area (Å²) in [5.41, 5.74) is 3.64. The summed E-state index contributed by atoms with van der Waals surface area (Å²) in [6, 6.07) is 18.4. The number of fused-ring (bicyclic) bond motifs is 1. The second-order valence-electron chi connectivity index (χ2n) is 9.54. The number of benzene rings is 3. The Labute approximate surface area is 223 Å². The number of imidazole rings is 1. The summed E-state index contributed by atoms with van der Waals surface area (Å²) < 4.78 is 48.7. The lowest BCUT2D eigenvalue weighted by Crippen LogP contribution is -2.38. The SMILES string of the molecule is O=C(c1ccc2c(c1)ncn2-c1cccc(OCc2ccc(OC(F)(F)F)cc2)c1)N1CCC(CCO)CC1. The number of nitrogens with zero attached hydrogens (tertiary/aromatic N) is 3. The zero-order chi connectivity index (χ0) is 27.4. The molecule has 0 radical (unpaired) electrons. The number of halogens is 3. The molecule has 1 aliphatic rings. The number of hydrogen-bond acceptors (Lipinski definition) is 5. The fourth-order valence-electron chi connectivity index (χ4n) is 4.82. The van der Waals surface area contributed by atoms with E-state index in [-0.39, 0.29) is 24.9 Å². The van der Waals surface area contributed by atoms with E-state index in [0.717, 1.165) is 30.5 Å². The maximum absolute atomic E-state index is 13.1. The van der Waals surface area contributed by atoms with Crippen LogP contribution in [0.15, 0.2) is 73.1 Å². The molecule has 1 saturated heterocycles. The van der Waals surface area contributed by atoms with Gasteiger partial charge in [-0.2, -0.15) is 0 Å². The zero-order valence-electron chi connectivity index (χ0n) is 21.1. The minimum atomic E-state index is -4.73. The Hall–Kier alpha value is -4.05. The minimum Gasteiger partial charge on any atom is -0.489 e. The Balaban J connectivity index is 1.25. The molecule has 10 heteroatoms. The molecule has 0 saturated carbocycles. The molecule has 1 aromatic heterocycles. The number of likely N-dealkylation sites (tertiary alicyclic amines) is 1. The van der Waals surface area contributed by atoms with Gasteiger partial charge >= 0.3 is 6.36 Å². The summed E-state index contributed by atoms with van der Waals surface area (Å²) in [6.45, 7) is 1.73. The number of aromatic nitrogens is 2. The first-order valence-corrected chi connectivity index (χ1v) is 12.7. The first-order chi connectivity index (χ1) is 18.8. The lowest BCUT2D eigenvalue weighted by molar-refractivity contribution is -0.274. The summed E-state index contributed by atoms with van der Waals surface area (Å²) in [4.78, 5) is 19.4. The number of aliphatic hydroxyl groups is 1. The van der Waals surface area contributed by atoms with Crippen molar-refractivity contribution in [3.8, 4) is 17.2 Å². The molecule has 0 atom stereocenters. The van der Waals surface area contributed by atoms with Crippen molar-refractivity contribution >= 4 is 16.9 Å². The first-order valence-electron chi connectivity index (χ1n) is 12.7. The van der Waals surface area contributed by atoms with Crippen LogP contribution in [0.3, 0.4) is 0 Å². The van der Waals surface area contributed by atoms with Crippen molar-refractivity contribution in [2.24, 2.45) is 5.92 Å². The average Bonchev–Trinajstić information content (AvgIpc) is 3.36. The molecule has 0 spiro atoms. The standard InChI is InChI=1S/C29H28F3N3O4/c30-29(31,32)39-24-7-4-21(5-8-24)18-38-25-3-1-2-23(17-25)35-19-33-26-16-22(6-9-27(26)35)28(37)34-13-10-20(11-14-34)12-15-36/h1-9,16-17,19-20,36H,10-15,18H2. The Morgan fingerprint density at radius 3 is 2.49 bits per heavy atom. The number of carbonyl (C=O) groups is 1. The van der Waals surface area contributed by atoms with Crippen LogP contribution in [0.1, 0.15) is 35.2 Å². The molecule has 1 fully saturated rings. The summed E-state index contributed by atoms with van der Waals surface area (Å²) in [5, 5.41) is 9.15. The van der Waals surface area contributed by atoms with Crippen LogP contribution < -0.4 is 9.47 Å². The lowest BCUT2D eigenvalue weighted by Gasteiger charge is -2.31. The van der Waals surface area contributed by atoms with Gasteiger partial charge in [-0.1, -0.05) is 18.2 Å². The number of hydrogen-bond donors (Lipinski definition) is 1. The summed E-state index contributed by atoms with van der Waals surface area (Å²) in [6.07, 6.45) is -0.451. The number of aliphatic hydroxyl groups excluding tert-OH is 1. The van der Waals surface area contributed by atoms with E-state index >= 15 is 0 Å². The molecular formula is C29H28F3N3O4. The van der Waals surface area contributed by atoms with Crippen molar-refractivity contribution in [2.75, 3.05) is 19.7 Å². The van der Waals surface area contributed by atoms with E-state index in [4.69, 9.17) is 9.84 Å². The first kappa shape index (κ1) is 26.6. The van der Waals surface area contributed by atoms with Gasteiger partial charge in [0, 0.05) is 31.3 Å². The second kappa shape index (κ2) is 11.4. The predicted molar refractivity (Wildman–Crippen MR) is 139 cm³/mol. The topological polar surface area (TPSA) is 76.8 Å². The quantitative estimate of drug-likeness (QED) is 0.309.